The van der Waals surface area contributed by atoms with Crippen LogP contribution in [0.3, 0.4) is 0 Å². The van der Waals surface area contributed by atoms with Crippen LogP contribution >= 0.6 is 0 Å². The van der Waals surface area contributed by atoms with Crippen molar-refractivity contribution in [1.29, 1.82) is 0 Å². The minimum absolute atomic E-state index is 0. The fourth-order valence-electron chi connectivity index (χ4n) is 0.214. The maximum Gasteiger partial charge on any atom is 0.303 e. The van der Waals surface area contributed by atoms with Crippen molar-refractivity contribution in [2.24, 2.45) is 0 Å². The fourth-order valence-corrected chi connectivity index (χ4v) is 0.214. The van der Waals surface area contributed by atoms with Gasteiger partial charge in [0.05, 0.1) is 12.8 Å². The molecule has 0 aromatic heterocycles. The highest BCUT2D eigenvalue weighted by molar-refractivity contribution is 5.75. The highest BCUT2D eigenvalue weighted by Gasteiger charge is 2.00. The van der Waals surface area contributed by atoms with Gasteiger partial charge in [0.1, 0.15) is 0 Å². The zero-order chi connectivity index (χ0) is 6.57. The lowest BCUT2D eigenvalue weighted by molar-refractivity contribution is -0.143. The third-order valence-electron chi connectivity index (χ3n) is 0.553. The summed E-state index contributed by atoms with van der Waals surface area (Å²) in [7, 11) is 0. The number of rotatable bonds is 3. The van der Waals surface area contributed by atoms with E-state index < -0.39 is 11.9 Å². The summed E-state index contributed by atoms with van der Waals surface area (Å²) in [6.45, 7) is 0. The van der Waals surface area contributed by atoms with E-state index in [0.717, 1.165) is 0 Å². The van der Waals surface area contributed by atoms with Crippen LogP contribution in [-0.4, -0.2) is 44.1 Å². The van der Waals surface area contributed by atoms with Crippen LogP contribution in [-0.2, 0) is 9.59 Å². The van der Waals surface area contributed by atoms with E-state index >= 15 is 0 Å². The van der Waals surface area contributed by atoms with Crippen LogP contribution in [0.25, 0.3) is 0 Å². The molecule has 0 aliphatic rings. The van der Waals surface area contributed by atoms with E-state index in [-0.39, 0.29) is 34.7 Å². The van der Waals surface area contributed by atoms with Gasteiger partial charge >= 0.3 is 11.9 Å². The Kier molecular flexibility index (Phi) is 42.2. The molecule has 0 aliphatic carbocycles. The summed E-state index contributed by atoms with van der Waals surface area (Å²) < 4.78 is 0. The number of aliphatic carboxylic acids is 2. The predicted molar refractivity (Wildman–Crippen MR) is 39.0 cm³/mol. The average Bonchev–Trinajstić information content (AvgIpc) is 1.61. The SMILES string of the molecule is O.O.O.O.O=C(O)CCC(=O)O. The minimum atomic E-state index is -1.08. The molecule has 78 valence electrons. The van der Waals surface area contributed by atoms with Gasteiger partial charge in [0.25, 0.3) is 0 Å². The predicted octanol–water partition coefficient (Wildman–Crippen LogP) is -3.36. The Balaban J connectivity index is -0.0000000408. The quantitative estimate of drug-likeness (QED) is 0.467. The van der Waals surface area contributed by atoms with Gasteiger partial charge in [-0.05, 0) is 0 Å². The molecule has 0 aromatic carbocycles. The summed E-state index contributed by atoms with van der Waals surface area (Å²) in [5, 5.41) is 15.8. The summed E-state index contributed by atoms with van der Waals surface area (Å²) in [4.78, 5) is 19.3. The number of carbonyl (C=O) groups is 2. The van der Waals surface area contributed by atoms with E-state index in [1.54, 1.807) is 0 Å². The number of carboxylic acid groups (broad SMARTS) is 2. The first-order valence-corrected chi connectivity index (χ1v) is 2.06. The molecule has 0 heterocycles. The molecule has 0 spiro atoms. The van der Waals surface area contributed by atoms with Crippen molar-refractivity contribution in [3.8, 4) is 0 Å². The van der Waals surface area contributed by atoms with E-state index in [1.165, 1.54) is 0 Å². The van der Waals surface area contributed by atoms with E-state index in [1.807, 2.05) is 0 Å². The molecule has 0 aliphatic heterocycles. The Morgan fingerprint density at radius 2 is 0.917 bits per heavy atom. The van der Waals surface area contributed by atoms with Crippen LogP contribution in [0.15, 0.2) is 0 Å². The molecule has 0 saturated carbocycles. The van der Waals surface area contributed by atoms with Crippen molar-refractivity contribution in [2.45, 2.75) is 12.8 Å². The third kappa shape index (κ3) is 37.2. The van der Waals surface area contributed by atoms with Crippen molar-refractivity contribution >= 4 is 11.9 Å². The molecule has 8 heteroatoms. The molecule has 0 unspecified atom stereocenters. The molecule has 0 amide bonds. The van der Waals surface area contributed by atoms with Gasteiger partial charge in [0, 0.05) is 0 Å². The van der Waals surface area contributed by atoms with E-state index in [2.05, 4.69) is 0 Å². The highest BCUT2D eigenvalue weighted by atomic mass is 16.4. The van der Waals surface area contributed by atoms with Crippen LogP contribution in [0, 0.1) is 0 Å². The van der Waals surface area contributed by atoms with Crippen LogP contribution < -0.4 is 0 Å². The second-order valence-corrected chi connectivity index (χ2v) is 1.29. The Hall–Kier alpha value is -1.22. The average molecular weight is 190 g/mol. The Labute approximate surface area is 67.7 Å². The standard InChI is InChI=1S/C4H6O4.4H2O/c5-3(6)1-2-4(7)8;;;;/h1-2H2,(H,5,6)(H,7,8);4*1H2. The molecule has 8 nitrogen and oxygen atoms in total. The van der Waals surface area contributed by atoms with E-state index in [9.17, 15) is 9.59 Å². The maximum atomic E-state index is 9.64. The van der Waals surface area contributed by atoms with Gasteiger partial charge in [-0.1, -0.05) is 0 Å². The zero-order valence-electron chi connectivity index (χ0n) is 6.13. The van der Waals surface area contributed by atoms with Crippen molar-refractivity contribution in [2.75, 3.05) is 0 Å². The number of hydrogen-bond donors (Lipinski definition) is 2. The molecule has 0 aromatic rings. The van der Waals surface area contributed by atoms with Gasteiger partial charge in [-0.3, -0.25) is 9.59 Å². The second-order valence-electron chi connectivity index (χ2n) is 1.29. The minimum Gasteiger partial charge on any atom is -0.481 e. The smallest absolute Gasteiger partial charge is 0.303 e. The number of hydrogen-bond acceptors (Lipinski definition) is 2. The van der Waals surface area contributed by atoms with E-state index in [0.29, 0.717) is 0 Å². The molecule has 0 fully saturated rings. The molecular weight excluding hydrogens is 176 g/mol. The largest absolute Gasteiger partial charge is 0.481 e. The Bertz CT molecular complexity index is 95.6. The zero-order valence-corrected chi connectivity index (χ0v) is 6.13. The lowest BCUT2D eigenvalue weighted by Crippen LogP contribution is -2.00. The van der Waals surface area contributed by atoms with Crippen LogP contribution in [0.5, 0.6) is 0 Å². The van der Waals surface area contributed by atoms with Crippen LogP contribution in [0.1, 0.15) is 12.8 Å². The molecule has 10 N–H and O–H groups in total. The summed E-state index contributed by atoms with van der Waals surface area (Å²) in [5.74, 6) is -2.15. The van der Waals surface area contributed by atoms with Gasteiger partial charge in [0.15, 0.2) is 0 Å². The van der Waals surface area contributed by atoms with Crippen molar-refractivity contribution < 1.29 is 41.7 Å². The molecule has 0 atom stereocenters. The van der Waals surface area contributed by atoms with Gasteiger partial charge in [-0.2, -0.15) is 0 Å². The van der Waals surface area contributed by atoms with Crippen molar-refractivity contribution in [3.63, 3.8) is 0 Å². The molecule has 0 saturated heterocycles. The van der Waals surface area contributed by atoms with Gasteiger partial charge in [-0.15, -0.1) is 0 Å². The number of carboxylic acids is 2. The highest BCUT2D eigenvalue weighted by Crippen LogP contribution is 1.85. The first kappa shape index (κ1) is 30.9. The van der Waals surface area contributed by atoms with E-state index in [4.69, 9.17) is 10.2 Å². The molecule has 0 rings (SSSR count). The Morgan fingerprint density at radius 3 is 1.00 bits per heavy atom. The van der Waals surface area contributed by atoms with Gasteiger partial charge in [0.2, 0.25) is 0 Å². The first-order chi connectivity index (χ1) is 3.63. The molecule has 12 heavy (non-hydrogen) atoms. The summed E-state index contributed by atoms with van der Waals surface area (Å²) in [6.07, 6.45) is -0.593. The van der Waals surface area contributed by atoms with Crippen molar-refractivity contribution in [3.05, 3.63) is 0 Å². The third-order valence-corrected chi connectivity index (χ3v) is 0.553. The van der Waals surface area contributed by atoms with Crippen LogP contribution in [0.2, 0.25) is 0 Å². The van der Waals surface area contributed by atoms with Crippen molar-refractivity contribution in [1.82, 2.24) is 0 Å². The monoisotopic (exact) mass is 190 g/mol. The lowest BCUT2D eigenvalue weighted by atomic mass is 10.3. The maximum absolute atomic E-state index is 9.64. The second kappa shape index (κ2) is 16.4. The van der Waals surface area contributed by atoms with Gasteiger partial charge < -0.3 is 32.1 Å². The Morgan fingerprint density at radius 1 is 0.750 bits per heavy atom. The molecule has 0 bridgehead atoms. The topological polar surface area (TPSA) is 201 Å². The lowest BCUT2D eigenvalue weighted by Gasteiger charge is -1.85. The molecule has 0 radical (unpaired) electrons. The fraction of sp³-hybridized carbons (Fsp3) is 0.500. The van der Waals surface area contributed by atoms with Gasteiger partial charge in [-0.25, -0.2) is 0 Å². The normalized spacial score (nSPS) is 5.67. The summed E-state index contributed by atoms with van der Waals surface area (Å²) >= 11 is 0. The van der Waals surface area contributed by atoms with Crippen LogP contribution in [0.4, 0.5) is 0 Å². The molecular formula is C4H14O8. The summed E-state index contributed by atoms with van der Waals surface area (Å²) in [6, 6.07) is 0. The first-order valence-electron chi connectivity index (χ1n) is 2.06. The summed E-state index contributed by atoms with van der Waals surface area (Å²) in [5.41, 5.74) is 0.